The topological polar surface area (TPSA) is 85.8 Å². The fraction of sp³-hybridized carbons (Fsp3) is 0.364. The van der Waals surface area contributed by atoms with E-state index in [1.165, 1.54) is 18.3 Å². The maximum absolute atomic E-state index is 11.7. The van der Waals surface area contributed by atoms with Crippen LogP contribution in [0.25, 0.3) is 0 Å². The first-order valence-electron chi connectivity index (χ1n) is 5.04. The minimum Gasteiger partial charge on any atom is -0.348 e. The van der Waals surface area contributed by atoms with Crippen LogP contribution in [0.1, 0.15) is 30.1 Å². The highest BCUT2D eigenvalue weighted by Crippen LogP contribution is 1.99. The maximum Gasteiger partial charge on any atom is 0.251 e. The highest BCUT2D eigenvalue weighted by molar-refractivity contribution is 5.94. The van der Waals surface area contributed by atoms with Gasteiger partial charge in [-0.15, -0.1) is 0 Å². The van der Waals surface area contributed by atoms with Crippen molar-refractivity contribution in [3.63, 3.8) is 0 Å². The molecule has 1 aromatic heterocycles. The molecule has 84 valence electrons. The van der Waals surface area contributed by atoms with Crippen molar-refractivity contribution in [3.05, 3.63) is 34.2 Å². The first-order chi connectivity index (χ1) is 7.67. The van der Waals surface area contributed by atoms with Gasteiger partial charge in [0.15, 0.2) is 0 Å². The molecule has 0 aliphatic rings. The molecular formula is C11H13N3O2. The van der Waals surface area contributed by atoms with Crippen LogP contribution in [0.5, 0.6) is 0 Å². The molecule has 0 fully saturated rings. The molecule has 0 aliphatic carbocycles. The van der Waals surface area contributed by atoms with Crippen LogP contribution in [-0.4, -0.2) is 16.9 Å². The Kier molecular flexibility index (Phi) is 4.28. The van der Waals surface area contributed by atoms with E-state index in [1.54, 1.807) is 0 Å². The molecular weight excluding hydrogens is 206 g/mol. The Hall–Kier alpha value is -2.09. The average Bonchev–Trinajstić information content (AvgIpc) is 2.28. The summed E-state index contributed by atoms with van der Waals surface area (Å²) >= 11 is 0. The lowest BCUT2D eigenvalue weighted by Crippen LogP contribution is -2.34. The predicted octanol–water partition coefficient (Wildman–Crippen LogP) is 0.797. The molecule has 5 heteroatoms. The predicted molar refractivity (Wildman–Crippen MR) is 58.8 cm³/mol. The summed E-state index contributed by atoms with van der Waals surface area (Å²) in [6, 6.07) is 4.59. The molecule has 1 rings (SSSR count). The Morgan fingerprint density at radius 2 is 2.44 bits per heavy atom. The summed E-state index contributed by atoms with van der Waals surface area (Å²) < 4.78 is 0. The second-order valence-corrected chi connectivity index (χ2v) is 3.38. The summed E-state index contributed by atoms with van der Waals surface area (Å²) in [5.74, 6) is -0.326. The van der Waals surface area contributed by atoms with Crippen molar-refractivity contribution in [1.29, 1.82) is 5.26 Å². The van der Waals surface area contributed by atoms with E-state index in [2.05, 4.69) is 10.3 Å². The van der Waals surface area contributed by atoms with Crippen molar-refractivity contribution in [1.82, 2.24) is 10.3 Å². The molecule has 1 aromatic rings. The quantitative estimate of drug-likeness (QED) is 0.785. The van der Waals surface area contributed by atoms with Crippen molar-refractivity contribution in [3.8, 4) is 6.07 Å². The van der Waals surface area contributed by atoms with E-state index in [9.17, 15) is 9.59 Å². The molecule has 1 unspecified atom stereocenters. The number of H-pyrrole nitrogens is 1. The van der Waals surface area contributed by atoms with Gasteiger partial charge in [0.1, 0.15) is 0 Å². The molecule has 0 spiro atoms. The van der Waals surface area contributed by atoms with Crippen LogP contribution in [0, 0.1) is 11.3 Å². The highest BCUT2D eigenvalue weighted by Gasteiger charge is 2.11. The van der Waals surface area contributed by atoms with Crippen LogP contribution >= 0.6 is 0 Å². The largest absolute Gasteiger partial charge is 0.348 e. The number of aromatic nitrogens is 1. The normalized spacial score (nSPS) is 11.5. The molecule has 0 aliphatic heterocycles. The standard InChI is InChI=1S/C11H13N3O2/c1-2-9(3-5-12)14-11(16)8-4-6-13-10(15)7-8/h4,6-7,9H,2-3H2,1H3,(H,13,15)(H,14,16). The molecule has 1 amide bonds. The van der Waals surface area contributed by atoms with Crippen molar-refractivity contribution in [2.75, 3.05) is 0 Å². The Morgan fingerprint density at radius 3 is 3.00 bits per heavy atom. The molecule has 16 heavy (non-hydrogen) atoms. The van der Waals surface area contributed by atoms with Crippen LogP contribution < -0.4 is 10.9 Å². The number of carbonyl (C=O) groups is 1. The summed E-state index contributed by atoms with van der Waals surface area (Å²) in [5, 5.41) is 11.2. The van der Waals surface area contributed by atoms with Gasteiger partial charge in [-0.2, -0.15) is 5.26 Å². The first kappa shape index (κ1) is 12.0. The summed E-state index contributed by atoms with van der Waals surface area (Å²) in [5.41, 5.74) is -0.0129. The number of nitrogens with zero attached hydrogens (tertiary/aromatic N) is 1. The van der Waals surface area contributed by atoms with E-state index in [0.717, 1.165) is 0 Å². The minimum absolute atomic E-state index is 0.170. The SMILES string of the molecule is CCC(CC#N)NC(=O)c1cc[nH]c(=O)c1. The van der Waals surface area contributed by atoms with Crippen molar-refractivity contribution in [2.45, 2.75) is 25.8 Å². The van der Waals surface area contributed by atoms with E-state index in [0.29, 0.717) is 12.0 Å². The zero-order valence-corrected chi connectivity index (χ0v) is 8.99. The third kappa shape index (κ3) is 3.24. The van der Waals surface area contributed by atoms with Crippen molar-refractivity contribution < 1.29 is 4.79 Å². The van der Waals surface area contributed by atoms with Crippen LogP contribution in [0.15, 0.2) is 23.1 Å². The number of pyridine rings is 1. The van der Waals surface area contributed by atoms with Crippen LogP contribution in [0.3, 0.4) is 0 Å². The summed E-state index contributed by atoms with van der Waals surface area (Å²) in [6.07, 6.45) is 2.37. The molecule has 5 nitrogen and oxygen atoms in total. The third-order valence-corrected chi connectivity index (χ3v) is 2.20. The number of nitriles is 1. The molecule has 0 aromatic carbocycles. The minimum atomic E-state index is -0.326. The Balaban J connectivity index is 2.72. The number of carbonyl (C=O) groups excluding carboxylic acids is 1. The van der Waals surface area contributed by atoms with E-state index >= 15 is 0 Å². The van der Waals surface area contributed by atoms with Gasteiger partial charge < -0.3 is 10.3 Å². The van der Waals surface area contributed by atoms with E-state index in [-0.39, 0.29) is 23.9 Å². The molecule has 0 radical (unpaired) electrons. The van der Waals surface area contributed by atoms with Crippen LogP contribution in [0.2, 0.25) is 0 Å². The van der Waals surface area contributed by atoms with E-state index in [1.807, 2.05) is 13.0 Å². The van der Waals surface area contributed by atoms with Gasteiger partial charge in [0, 0.05) is 23.9 Å². The summed E-state index contributed by atoms with van der Waals surface area (Å²) in [7, 11) is 0. The van der Waals surface area contributed by atoms with Gasteiger partial charge in [0.05, 0.1) is 12.5 Å². The van der Waals surface area contributed by atoms with Gasteiger partial charge in [-0.25, -0.2) is 0 Å². The van der Waals surface area contributed by atoms with E-state index in [4.69, 9.17) is 5.26 Å². The Labute approximate surface area is 93.1 Å². The lowest BCUT2D eigenvalue weighted by molar-refractivity contribution is 0.0936. The fourth-order valence-electron chi connectivity index (χ4n) is 1.26. The third-order valence-electron chi connectivity index (χ3n) is 2.20. The summed E-state index contributed by atoms with van der Waals surface area (Å²) in [4.78, 5) is 25.1. The Morgan fingerprint density at radius 1 is 1.69 bits per heavy atom. The molecule has 0 bridgehead atoms. The average molecular weight is 219 g/mol. The van der Waals surface area contributed by atoms with Gasteiger partial charge in [-0.1, -0.05) is 6.92 Å². The molecule has 2 N–H and O–H groups in total. The maximum atomic E-state index is 11.7. The monoisotopic (exact) mass is 219 g/mol. The zero-order valence-electron chi connectivity index (χ0n) is 8.99. The van der Waals surface area contributed by atoms with Gasteiger partial charge in [0.25, 0.3) is 5.91 Å². The number of aromatic amines is 1. The second kappa shape index (κ2) is 5.71. The lowest BCUT2D eigenvalue weighted by atomic mass is 10.1. The van der Waals surface area contributed by atoms with E-state index < -0.39 is 0 Å². The van der Waals surface area contributed by atoms with Gasteiger partial charge >= 0.3 is 0 Å². The number of amides is 1. The number of hydrogen-bond donors (Lipinski definition) is 2. The number of rotatable bonds is 4. The Bertz CT molecular complexity index is 459. The number of nitrogens with one attached hydrogen (secondary N) is 2. The van der Waals surface area contributed by atoms with Gasteiger partial charge in [0.2, 0.25) is 5.56 Å². The van der Waals surface area contributed by atoms with Crippen LogP contribution in [0.4, 0.5) is 0 Å². The van der Waals surface area contributed by atoms with Gasteiger partial charge in [-0.3, -0.25) is 9.59 Å². The second-order valence-electron chi connectivity index (χ2n) is 3.38. The van der Waals surface area contributed by atoms with Gasteiger partial charge in [-0.05, 0) is 12.5 Å². The van der Waals surface area contributed by atoms with Crippen molar-refractivity contribution >= 4 is 5.91 Å². The van der Waals surface area contributed by atoms with Crippen LogP contribution in [-0.2, 0) is 0 Å². The van der Waals surface area contributed by atoms with Crippen molar-refractivity contribution in [2.24, 2.45) is 0 Å². The lowest BCUT2D eigenvalue weighted by Gasteiger charge is -2.13. The number of hydrogen-bond acceptors (Lipinski definition) is 3. The molecule has 1 heterocycles. The molecule has 0 saturated heterocycles. The molecule has 0 saturated carbocycles. The smallest absolute Gasteiger partial charge is 0.251 e. The first-order valence-corrected chi connectivity index (χ1v) is 5.04. The summed E-state index contributed by atoms with van der Waals surface area (Å²) in [6.45, 7) is 1.89. The molecule has 1 atom stereocenters. The zero-order chi connectivity index (χ0) is 12.0. The fourth-order valence-corrected chi connectivity index (χ4v) is 1.26. The highest BCUT2D eigenvalue weighted by atomic mass is 16.2.